The van der Waals surface area contributed by atoms with Crippen molar-refractivity contribution in [2.45, 2.75) is 70.7 Å². The number of benzene rings is 4. The Morgan fingerprint density at radius 2 is 1.45 bits per heavy atom. The number of aromatic nitrogens is 2. The molecule has 0 spiro atoms. The topological polar surface area (TPSA) is 59.0 Å². The standard InChI is InChI=1S/C42H43N3O2/c1-29-22-23-32(45(29)27-26-30-28-43-38-21-13-10-16-33(30)38)24-25-39(40(46)47-41(2,3)4)44-42(31-14-6-5-7-15-31)36-19-11-8-17-34(36)35-18-9-12-20-37(35)42/h5-23,28,39,43-44H,24-27H2,1-4H3/t39-/m1/s1. The van der Waals surface area contributed by atoms with E-state index in [1.165, 1.54) is 39.0 Å². The SMILES string of the molecule is Cc1ccc(CC[C@@H](NC2(c3ccccc3)c3ccccc3-c3ccccc32)C(=O)OC(C)(C)C)n1CCc1c[nH]c2ccccc12. The fourth-order valence-electron chi connectivity index (χ4n) is 7.38. The highest BCUT2D eigenvalue weighted by Crippen LogP contribution is 2.51. The summed E-state index contributed by atoms with van der Waals surface area (Å²) in [4.78, 5) is 17.6. The summed E-state index contributed by atoms with van der Waals surface area (Å²) >= 11 is 0. The van der Waals surface area contributed by atoms with Gasteiger partial charge in [-0.3, -0.25) is 10.1 Å². The highest BCUT2D eigenvalue weighted by Gasteiger charge is 2.47. The third kappa shape index (κ3) is 5.81. The second kappa shape index (κ2) is 12.4. The molecule has 1 atom stereocenters. The molecule has 5 nitrogen and oxygen atoms in total. The molecule has 0 aliphatic heterocycles. The van der Waals surface area contributed by atoms with Crippen LogP contribution in [0.4, 0.5) is 0 Å². The molecule has 0 unspecified atom stereocenters. The van der Waals surface area contributed by atoms with Crippen molar-refractivity contribution in [1.29, 1.82) is 0 Å². The summed E-state index contributed by atoms with van der Waals surface area (Å²) in [7, 11) is 0. The number of ether oxygens (including phenoxy) is 1. The fourth-order valence-corrected chi connectivity index (χ4v) is 7.38. The highest BCUT2D eigenvalue weighted by atomic mass is 16.6. The second-order valence-corrected chi connectivity index (χ2v) is 13.7. The molecular weight excluding hydrogens is 578 g/mol. The molecule has 0 amide bonds. The summed E-state index contributed by atoms with van der Waals surface area (Å²) in [6.07, 6.45) is 4.37. The maximum Gasteiger partial charge on any atom is 0.323 e. The normalized spacial score (nSPS) is 14.1. The third-order valence-electron chi connectivity index (χ3n) is 9.50. The molecule has 1 aliphatic rings. The van der Waals surface area contributed by atoms with Crippen molar-refractivity contribution in [1.82, 2.24) is 14.9 Å². The first-order valence-electron chi connectivity index (χ1n) is 16.7. The van der Waals surface area contributed by atoms with Gasteiger partial charge in [0, 0.05) is 35.0 Å². The zero-order valence-corrected chi connectivity index (χ0v) is 27.7. The highest BCUT2D eigenvalue weighted by molar-refractivity contribution is 5.85. The van der Waals surface area contributed by atoms with Gasteiger partial charge in [0.1, 0.15) is 11.6 Å². The van der Waals surface area contributed by atoms with Crippen LogP contribution < -0.4 is 5.32 Å². The maximum absolute atomic E-state index is 14.2. The summed E-state index contributed by atoms with van der Waals surface area (Å²) in [5, 5.41) is 5.24. The van der Waals surface area contributed by atoms with Crippen molar-refractivity contribution in [2.75, 3.05) is 0 Å². The van der Waals surface area contributed by atoms with Gasteiger partial charge in [-0.05, 0) is 98.5 Å². The Hall–Kier alpha value is -4.87. The van der Waals surface area contributed by atoms with E-state index >= 15 is 0 Å². The van der Waals surface area contributed by atoms with Gasteiger partial charge in [0.15, 0.2) is 0 Å². The molecule has 6 aromatic rings. The van der Waals surface area contributed by atoms with Gasteiger partial charge >= 0.3 is 5.97 Å². The molecule has 2 heterocycles. The van der Waals surface area contributed by atoms with E-state index in [0.29, 0.717) is 6.42 Å². The predicted octanol–water partition coefficient (Wildman–Crippen LogP) is 8.73. The van der Waals surface area contributed by atoms with E-state index in [4.69, 9.17) is 4.74 Å². The van der Waals surface area contributed by atoms with E-state index in [2.05, 4.69) is 137 Å². The zero-order chi connectivity index (χ0) is 32.6. The van der Waals surface area contributed by atoms with Crippen LogP contribution in [0.2, 0.25) is 0 Å². The number of esters is 1. The lowest BCUT2D eigenvalue weighted by Gasteiger charge is -2.38. The predicted molar refractivity (Wildman–Crippen MR) is 190 cm³/mol. The number of hydrogen-bond donors (Lipinski definition) is 2. The van der Waals surface area contributed by atoms with E-state index in [0.717, 1.165) is 36.1 Å². The van der Waals surface area contributed by atoms with Crippen molar-refractivity contribution in [2.24, 2.45) is 0 Å². The average Bonchev–Trinajstić information content (AvgIpc) is 3.74. The quantitative estimate of drug-likeness (QED) is 0.150. The molecule has 0 bridgehead atoms. The molecule has 7 rings (SSSR count). The first-order chi connectivity index (χ1) is 22.7. The Labute approximate surface area is 277 Å². The van der Waals surface area contributed by atoms with Crippen molar-refractivity contribution < 1.29 is 9.53 Å². The zero-order valence-electron chi connectivity index (χ0n) is 27.7. The monoisotopic (exact) mass is 621 g/mol. The van der Waals surface area contributed by atoms with Crippen LogP contribution in [-0.2, 0) is 34.5 Å². The molecule has 5 heteroatoms. The lowest BCUT2D eigenvalue weighted by molar-refractivity contribution is -0.158. The van der Waals surface area contributed by atoms with Gasteiger partial charge in [-0.1, -0.05) is 97.1 Å². The Morgan fingerprint density at radius 1 is 0.809 bits per heavy atom. The van der Waals surface area contributed by atoms with Crippen LogP contribution in [0.5, 0.6) is 0 Å². The largest absolute Gasteiger partial charge is 0.459 e. The van der Waals surface area contributed by atoms with E-state index in [1.807, 2.05) is 26.8 Å². The molecule has 0 fully saturated rings. The summed E-state index contributed by atoms with van der Waals surface area (Å²) < 4.78 is 8.52. The van der Waals surface area contributed by atoms with Gasteiger partial charge in [-0.15, -0.1) is 0 Å². The van der Waals surface area contributed by atoms with E-state index < -0.39 is 17.2 Å². The van der Waals surface area contributed by atoms with Crippen LogP contribution in [0.3, 0.4) is 0 Å². The summed E-state index contributed by atoms with van der Waals surface area (Å²) in [6.45, 7) is 8.85. The van der Waals surface area contributed by atoms with Gasteiger partial charge in [0.2, 0.25) is 0 Å². The van der Waals surface area contributed by atoms with E-state index in [1.54, 1.807) is 0 Å². The van der Waals surface area contributed by atoms with Gasteiger partial charge in [-0.25, -0.2) is 0 Å². The number of hydrogen-bond acceptors (Lipinski definition) is 3. The van der Waals surface area contributed by atoms with Gasteiger partial charge in [-0.2, -0.15) is 0 Å². The Balaban J connectivity index is 1.23. The summed E-state index contributed by atoms with van der Waals surface area (Å²) in [6, 6.07) is 40.0. The lowest BCUT2D eigenvalue weighted by atomic mass is 9.79. The Kier molecular flexibility index (Phi) is 8.11. The van der Waals surface area contributed by atoms with Gasteiger partial charge < -0.3 is 14.3 Å². The minimum absolute atomic E-state index is 0.233. The number of fused-ring (bicyclic) bond motifs is 4. The molecule has 4 aromatic carbocycles. The second-order valence-electron chi connectivity index (χ2n) is 13.7. The molecule has 0 radical (unpaired) electrons. The molecule has 2 N–H and O–H groups in total. The van der Waals surface area contributed by atoms with Crippen LogP contribution in [0.1, 0.15) is 60.8 Å². The van der Waals surface area contributed by atoms with E-state index in [-0.39, 0.29) is 5.97 Å². The number of H-pyrrole nitrogens is 1. The van der Waals surface area contributed by atoms with Crippen molar-refractivity contribution in [3.63, 3.8) is 0 Å². The third-order valence-corrected chi connectivity index (χ3v) is 9.50. The minimum atomic E-state index is -0.719. The smallest absolute Gasteiger partial charge is 0.323 e. The summed E-state index contributed by atoms with van der Waals surface area (Å²) in [5.74, 6) is -0.233. The molecular formula is C42H43N3O2. The molecule has 0 saturated heterocycles. The van der Waals surface area contributed by atoms with Gasteiger partial charge in [0.25, 0.3) is 0 Å². The number of aryl methyl sites for hydroxylation is 3. The van der Waals surface area contributed by atoms with Crippen LogP contribution in [0.25, 0.3) is 22.0 Å². The number of nitrogens with zero attached hydrogens (tertiary/aromatic N) is 1. The fraction of sp³-hybridized carbons (Fsp3) is 0.262. The van der Waals surface area contributed by atoms with Crippen LogP contribution >= 0.6 is 0 Å². The van der Waals surface area contributed by atoms with Crippen LogP contribution in [-0.4, -0.2) is 27.2 Å². The average molecular weight is 622 g/mol. The van der Waals surface area contributed by atoms with Crippen LogP contribution in [0.15, 0.2) is 121 Å². The minimum Gasteiger partial charge on any atom is -0.459 e. The van der Waals surface area contributed by atoms with Crippen molar-refractivity contribution >= 4 is 16.9 Å². The molecule has 47 heavy (non-hydrogen) atoms. The van der Waals surface area contributed by atoms with Crippen LogP contribution in [0, 0.1) is 6.92 Å². The van der Waals surface area contributed by atoms with Crippen molar-refractivity contribution in [3.8, 4) is 11.1 Å². The maximum atomic E-state index is 14.2. The first kappa shape index (κ1) is 30.8. The number of aromatic amines is 1. The van der Waals surface area contributed by atoms with Crippen molar-refractivity contribution in [3.05, 3.63) is 155 Å². The Bertz CT molecular complexity index is 1980. The summed E-state index contributed by atoms with van der Waals surface area (Å²) in [5.41, 5.74) is 9.37. The lowest BCUT2D eigenvalue weighted by Crippen LogP contribution is -2.53. The first-order valence-corrected chi connectivity index (χ1v) is 16.7. The number of carbonyl (C=O) groups is 1. The molecule has 0 saturated carbocycles. The molecule has 238 valence electrons. The number of para-hydroxylation sites is 1. The number of rotatable bonds is 10. The molecule has 2 aromatic heterocycles. The van der Waals surface area contributed by atoms with E-state index in [9.17, 15) is 4.79 Å². The van der Waals surface area contributed by atoms with Gasteiger partial charge in [0.05, 0.1) is 5.54 Å². The molecule has 1 aliphatic carbocycles. The number of nitrogens with one attached hydrogen (secondary N) is 2. The Morgan fingerprint density at radius 3 is 2.15 bits per heavy atom. The number of carbonyl (C=O) groups excluding carboxylic acids is 1.